The van der Waals surface area contributed by atoms with E-state index >= 15 is 0 Å². The number of nitrogens with one attached hydrogen (secondary N) is 1. The lowest BCUT2D eigenvalue weighted by molar-refractivity contribution is 1.07. The van der Waals surface area contributed by atoms with Crippen molar-refractivity contribution in [2.45, 2.75) is 0 Å². The summed E-state index contributed by atoms with van der Waals surface area (Å²) >= 11 is 5.52. The Morgan fingerprint density at radius 1 is 1.78 bits per heavy atom. The van der Waals surface area contributed by atoms with Crippen LogP contribution in [0.2, 0.25) is 0 Å². The summed E-state index contributed by atoms with van der Waals surface area (Å²) in [6.45, 7) is 0.846. The molecule has 0 spiro atoms. The van der Waals surface area contributed by atoms with E-state index in [1.54, 1.807) is 5.51 Å². The van der Waals surface area contributed by atoms with Crippen LogP contribution in [-0.2, 0) is 0 Å². The third kappa shape index (κ3) is 2.19. The van der Waals surface area contributed by atoms with E-state index in [1.165, 1.54) is 11.3 Å². The zero-order valence-corrected chi connectivity index (χ0v) is 6.45. The van der Waals surface area contributed by atoms with Crippen molar-refractivity contribution < 1.29 is 0 Å². The molecule has 5 heteroatoms. The predicted molar refractivity (Wildman–Crippen MR) is 42.3 cm³/mol. The number of rotatable bonds is 3. The molecule has 0 unspecified atom stereocenters. The molecule has 0 radical (unpaired) electrons. The number of hydrogen-bond donors (Lipinski definition) is 2. The molecule has 0 amide bonds. The van der Waals surface area contributed by atoms with Gasteiger partial charge in [0.05, 0.1) is 0 Å². The Hall–Kier alpha value is -0.290. The number of nitrogens with zero attached hydrogens (tertiary/aromatic N) is 2. The van der Waals surface area contributed by atoms with Gasteiger partial charge in [-0.2, -0.15) is 12.6 Å². The molecule has 0 atom stereocenters. The lowest BCUT2D eigenvalue weighted by Gasteiger charge is -1.94. The maximum absolute atomic E-state index is 4.03. The maximum atomic E-state index is 4.03. The molecule has 1 N–H and O–H groups in total. The van der Waals surface area contributed by atoms with Crippen LogP contribution in [0.3, 0.4) is 0 Å². The zero-order valence-electron chi connectivity index (χ0n) is 4.74. The molecule has 1 aromatic rings. The monoisotopic (exact) mass is 161 g/mol. The highest BCUT2D eigenvalue weighted by Gasteiger charge is 1.90. The molecule has 0 bridgehead atoms. The third-order valence-corrected chi connectivity index (χ3v) is 1.62. The molecule has 0 aromatic carbocycles. The van der Waals surface area contributed by atoms with E-state index in [0.29, 0.717) is 0 Å². The Kier molecular flexibility index (Phi) is 2.79. The molecule has 0 fully saturated rings. The zero-order chi connectivity index (χ0) is 6.53. The molecule has 0 aliphatic heterocycles. The summed E-state index contributed by atoms with van der Waals surface area (Å²) < 4.78 is 0. The van der Waals surface area contributed by atoms with Gasteiger partial charge in [0.1, 0.15) is 5.51 Å². The van der Waals surface area contributed by atoms with Crippen LogP contribution in [0.1, 0.15) is 0 Å². The highest BCUT2D eigenvalue weighted by atomic mass is 32.1. The van der Waals surface area contributed by atoms with Crippen LogP contribution in [0, 0.1) is 0 Å². The van der Waals surface area contributed by atoms with Crippen LogP contribution in [0.25, 0.3) is 0 Å². The van der Waals surface area contributed by atoms with Gasteiger partial charge < -0.3 is 5.32 Å². The first-order chi connectivity index (χ1) is 4.43. The van der Waals surface area contributed by atoms with Crippen LogP contribution in [0.5, 0.6) is 0 Å². The first-order valence-corrected chi connectivity index (χ1v) is 4.05. The van der Waals surface area contributed by atoms with Gasteiger partial charge >= 0.3 is 0 Å². The standard InChI is InChI=1S/C4H7N3S2/c8-2-1-5-4-7-6-3-9-4/h3,8H,1-2H2,(H,5,7). The highest BCUT2D eigenvalue weighted by Crippen LogP contribution is 2.06. The van der Waals surface area contributed by atoms with Crippen molar-refractivity contribution in [3.63, 3.8) is 0 Å². The summed E-state index contributed by atoms with van der Waals surface area (Å²) in [7, 11) is 0. The predicted octanol–water partition coefficient (Wildman–Crippen LogP) is 0.880. The van der Waals surface area contributed by atoms with E-state index in [-0.39, 0.29) is 0 Å². The maximum Gasteiger partial charge on any atom is 0.205 e. The van der Waals surface area contributed by atoms with Gasteiger partial charge in [0, 0.05) is 12.3 Å². The van der Waals surface area contributed by atoms with Crippen molar-refractivity contribution >= 4 is 29.1 Å². The summed E-state index contributed by atoms with van der Waals surface area (Å²) in [5, 5.41) is 11.3. The Morgan fingerprint density at radius 2 is 2.67 bits per heavy atom. The fourth-order valence-corrected chi connectivity index (χ4v) is 0.999. The molecule has 3 nitrogen and oxygen atoms in total. The molecule has 0 saturated heterocycles. The molecule has 9 heavy (non-hydrogen) atoms. The minimum Gasteiger partial charge on any atom is -0.359 e. The molecule has 0 aliphatic carbocycles. The number of aromatic nitrogens is 2. The van der Waals surface area contributed by atoms with E-state index in [9.17, 15) is 0 Å². The molecular weight excluding hydrogens is 154 g/mol. The fraction of sp³-hybridized carbons (Fsp3) is 0.500. The number of anilines is 1. The number of hydrogen-bond acceptors (Lipinski definition) is 5. The van der Waals surface area contributed by atoms with Crippen molar-refractivity contribution in [1.82, 2.24) is 10.2 Å². The van der Waals surface area contributed by atoms with Crippen molar-refractivity contribution in [2.24, 2.45) is 0 Å². The highest BCUT2D eigenvalue weighted by molar-refractivity contribution is 7.80. The van der Waals surface area contributed by atoms with Crippen molar-refractivity contribution in [3.8, 4) is 0 Å². The molecule has 1 aromatic heterocycles. The lowest BCUT2D eigenvalue weighted by atomic mass is 10.7. The van der Waals surface area contributed by atoms with E-state index < -0.39 is 0 Å². The van der Waals surface area contributed by atoms with Crippen LogP contribution >= 0.6 is 24.0 Å². The molecule has 50 valence electrons. The van der Waals surface area contributed by atoms with Gasteiger partial charge in [0.2, 0.25) is 5.13 Å². The van der Waals surface area contributed by atoms with Crippen molar-refractivity contribution in [3.05, 3.63) is 5.51 Å². The van der Waals surface area contributed by atoms with Gasteiger partial charge in [-0.15, -0.1) is 10.2 Å². The average molecular weight is 161 g/mol. The fourth-order valence-electron chi connectivity index (χ4n) is 0.413. The normalized spacial score (nSPS) is 9.44. The second-order valence-corrected chi connectivity index (χ2v) is 2.67. The van der Waals surface area contributed by atoms with Crippen molar-refractivity contribution in [1.29, 1.82) is 0 Å². The minimum absolute atomic E-state index is 0.819. The lowest BCUT2D eigenvalue weighted by Crippen LogP contribution is -2.01. The second-order valence-electron chi connectivity index (χ2n) is 1.39. The number of thiol groups is 1. The first kappa shape index (κ1) is 6.82. The van der Waals surface area contributed by atoms with Crippen LogP contribution in [0.15, 0.2) is 5.51 Å². The molecular formula is C4H7N3S2. The summed E-state index contributed by atoms with van der Waals surface area (Å²) in [5.74, 6) is 0.819. The smallest absolute Gasteiger partial charge is 0.205 e. The van der Waals surface area contributed by atoms with Crippen molar-refractivity contribution in [2.75, 3.05) is 17.6 Å². The van der Waals surface area contributed by atoms with Gasteiger partial charge in [-0.1, -0.05) is 11.3 Å². The van der Waals surface area contributed by atoms with E-state index in [0.717, 1.165) is 17.4 Å². The summed E-state index contributed by atoms with van der Waals surface area (Å²) in [6, 6.07) is 0. The summed E-state index contributed by atoms with van der Waals surface area (Å²) in [4.78, 5) is 0. The largest absolute Gasteiger partial charge is 0.359 e. The summed E-state index contributed by atoms with van der Waals surface area (Å²) in [5.41, 5.74) is 1.70. The van der Waals surface area contributed by atoms with Crippen LogP contribution < -0.4 is 5.32 Å². The third-order valence-electron chi connectivity index (χ3n) is 0.748. The Morgan fingerprint density at radius 3 is 3.22 bits per heavy atom. The van der Waals surface area contributed by atoms with E-state index in [4.69, 9.17) is 0 Å². The van der Waals surface area contributed by atoms with Gasteiger partial charge in [0.15, 0.2) is 0 Å². The molecule has 1 rings (SSSR count). The average Bonchev–Trinajstić information content (AvgIpc) is 2.34. The molecule has 1 heterocycles. The van der Waals surface area contributed by atoms with Crippen LogP contribution in [0.4, 0.5) is 5.13 Å². The van der Waals surface area contributed by atoms with E-state index in [1.807, 2.05) is 0 Å². The SMILES string of the molecule is SCCNc1nncs1. The van der Waals surface area contributed by atoms with Gasteiger partial charge in [-0.05, 0) is 0 Å². The topological polar surface area (TPSA) is 37.8 Å². The van der Waals surface area contributed by atoms with Gasteiger partial charge in [-0.3, -0.25) is 0 Å². The first-order valence-electron chi connectivity index (χ1n) is 2.54. The van der Waals surface area contributed by atoms with E-state index in [2.05, 4.69) is 28.1 Å². The minimum atomic E-state index is 0.819. The summed E-state index contributed by atoms with van der Waals surface area (Å²) in [6.07, 6.45) is 0. The second kappa shape index (κ2) is 3.68. The van der Waals surface area contributed by atoms with Gasteiger partial charge in [-0.25, -0.2) is 0 Å². The Labute approximate surface area is 62.9 Å². The van der Waals surface area contributed by atoms with Crippen LogP contribution in [-0.4, -0.2) is 22.5 Å². The quantitative estimate of drug-likeness (QED) is 0.646. The Bertz CT molecular complexity index is 151. The van der Waals surface area contributed by atoms with Gasteiger partial charge in [0.25, 0.3) is 0 Å². The Balaban J connectivity index is 2.30. The molecule has 0 aliphatic rings. The molecule has 0 saturated carbocycles.